The van der Waals surface area contributed by atoms with Gasteiger partial charge in [0.25, 0.3) is 10.0 Å². The molecule has 3 aromatic carbocycles. The lowest BCUT2D eigenvalue weighted by molar-refractivity contribution is -0.140. The molecule has 0 aromatic heterocycles. The summed E-state index contributed by atoms with van der Waals surface area (Å²) in [6.07, 6.45) is 0. The van der Waals surface area contributed by atoms with Crippen molar-refractivity contribution in [2.45, 2.75) is 50.7 Å². The Bertz CT molecular complexity index is 1490. The summed E-state index contributed by atoms with van der Waals surface area (Å²) in [5.74, 6) is -1.05. The smallest absolute Gasteiger partial charge is 0.264 e. The van der Waals surface area contributed by atoms with Gasteiger partial charge in [-0.05, 0) is 87.9 Å². The number of rotatable bonds is 9. The lowest BCUT2D eigenvalue weighted by Crippen LogP contribution is -2.54. The third-order valence-electron chi connectivity index (χ3n) is 5.80. The quantitative estimate of drug-likeness (QED) is 0.277. The topological polar surface area (TPSA) is 86.8 Å². The second-order valence-corrected chi connectivity index (χ2v) is 13.7. The Kier molecular flexibility index (Phi) is 10.4. The van der Waals surface area contributed by atoms with Crippen molar-refractivity contribution >= 4 is 73.9 Å². The Labute approximate surface area is 255 Å². The highest BCUT2D eigenvalue weighted by atomic mass is 35.5. The van der Waals surface area contributed by atoms with Gasteiger partial charge in [0.15, 0.2) is 0 Å². The largest absolute Gasteiger partial charge is 0.350 e. The van der Waals surface area contributed by atoms with Crippen LogP contribution >= 0.6 is 46.4 Å². The van der Waals surface area contributed by atoms with E-state index in [2.05, 4.69) is 5.32 Å². The molecule has 0 saturated carbocycles. The monoisotopic (exact) mass is 643 g/mol. The lowest BCUT2D eigenvalue weighted by atomic mass is 10.1. The molecule has 0 fully saturated rings. The molecule has 3 aromatic rings. The van der Waals surface area contributed by atoms with E-state index >= 15 is 0 Å². The third-order valence-corrected chi connectivity index (χ3v) is 8.66. The molecule has 3 rings (SSSR count). The van der Waals surface area contributed by atoms with Crippen molar-refractivity contribution in [3.63, 3.8) is 0 Å². The zero-order valence-corrected chi connectivity index (χ0v) is 26.1. The van der Waals surface area contributed by atoms with Gasteiger partial charge in [-0.15, -0.1) is 0 Å². The van der Waals surface area contributed by atoms with Crippen LogP contribution in [0.2, 0.25) is 20.1 Å². The SMILES string of the molecule is CC(C(=O)NC(C)(C)C)N(Cc1ccc(Cl)cc1Cl)C(=O)CN(c1cccc(Cl)c1)S(=O)(=O)c1ccc(Cl)cc1. The number of halogens is 4. The molecule has 1 N–H and O–H groups in total. The molecule has 0 saturated heterocycles. The van der Waals surface area contributed by atoms with Crippen LogP contribution in [0, 0.1) is 0 Å². The van der Waals surface area contributed by atoms with Crippen LogP contribution < -0.4 is 9.62 Å². The molecule has 0 heterocycles. The van der Waals surface area contributed by atoms with E-state index in [1.807, 2.05) is 20.8 Å². The highest BCUT2D eigenvalue weighted by Crippen LogP contribution is 2.28. The van der Waals surface area contributed by atoms with E-state index < -0.39 is 40.0 Å². The molecule has 1 atom stereocenters. The first-order chi connectivity index (χ1) is 18.6. The first kappa shape index (κ1) is 32.0. The molecule has 0 aliphatic heterocycles. The summed E-state index contributed by atoms with van der Waals surface area (Å²) in [6.45, 7) is 6.33. The zero-order valence-electron chi connectivity index (χ0n) is 22.3. The van der Waals surface area contributed by atoms with E-state index in [1.165, 1.54) is 47.4 Å². The van der Waals surface area contributed by atoms with Gasteiger partial charge in [0, 0.05) is 32.2 Å². The van der Waals surface area contributed by atoms with Crippen molar-refractivity contribution in [1.82, 2.24) is 10.2 Å². The fourth-order valence-electron chi connectivity index (χ4n) is 3.78. The second kappa shape index (κ2) is 13.0. The zero-order chi connectivity index (χ0) is 29.8. The van der Waals surface area contributed by atoms with Crippen molar-refractivity contribution in [2.24, 2.45) is 0 Å². The van der Waals surface area contributed by atoms with Gasteiger partial charge in [0.05, 0.1) is 10.6 Å². The summed E-state index contributed by atoms with van der Waals surface area (Å²) >= 11 is 24.6. The molecular weight excluding hydrogens is 616 g/mol. The molecule has 40 heavy (non-hydrogen) atoms. The van der Waals surface area contributed by atoms with E-state index in [0.717, 1.165) is 4.31 Å². The minimum absolute atomic E-state index is 0.0715. The standard InChI is InChI=1S/C28H29Cl4N3O4S/c1-18(27(37)33-28(2,3)4)34(16-19-8-9-22(31)15-25(19)32)26(36)17-35(23-7-5-6-21(30)14-23)40(38,39)24-12-10-20(29)11-13-24/h5-15,18H,16-17H2,1-4H3,(H,33,37). The van der Waals surface area contributed by atoms with Crippen LogP contribution in [0.3, 0.4) is 0 Å². The maximum Gasteiger partial charge on any atom is 0.264 e. The maximum absolute atomic E-state index is 14.0. The summed E-state index contributed by atoms with van der Waals surface area (Å²) in [7, 11) is -4.25. The first-order valence-corrected chi connectivity index (χ1v) is 15.1. The minimum atomic E-state index is -4.25. The van der Waals surface area contributed by atoms with E-state index in [-0.39, 0.29) is 22.2 Å². The van der Waals surface area contributed by atoms with Crippen molar-refractivity contribution in [2.75, 3.05) is 10.8 Å². The number of anilines is 1. The van der Waals surface area contributed by atoms with Crippen molar-refractivity contribution in [3.05, 3.63) is 92.4 Å². The number of hydrogen-bond acceptors (Lipinski definition) is 4. The summed E-state index contributed by atoms with van der Waals surface area (Å²) in [6, 6.07) is 15.6. The molecule has 7 nitrogen and oxygen atoms in total. The number of carbonyl (C=O) groups excluding carboxylic acids is 2. The van der Waals surface area contributed by atoms with Gasteiger partial charge < -0.3 is 10.2 Å². The average molecular weight is 645 g/mol. The molecule has 0 aliphatic carbocycles. The third kappa shape index (κ3) is 8.27. The molecule has 2 amide bonds. The van der Waals surface area contributed by atoms with Gasteiger partial charge in [-0.3, -0.25) is 13.9 Å². The second-order valence-electron chi connectivity index (χ2n) is 10.1. The van der Waals surface area contributed by atoms with E-state index in [0.29, 0.717) is 20.6 Å². The lowest BCUT2D eigenvalue weighted by Gasteiger charge is -2.33. The van der Waals surface area contributed by atoms with Gasteiger partial charge in [-0.2, -0.15) is 0 Å². The van der Waals surface area contributed by atoms with Crippen LogP contribution in [0.1, 0.15) is 33.3 Å². The highest BCUT2D eigenvalue weighted by molar-refractivity contribution is 7.92. The number of sulfonamides is 1. The van der Waals surface area contributed by atoms with Crippen molar-refractivity contribution in [1.29, 1.82) is 0 Å². The van der Waals surface area contributed by atoms with Gasteiger partial charge >= 0.3 is 0 Å². The predicted molar refractivity (Wildman–Crippen MR) is 162 cm³/mol. The van der Waals surface area contributed by atoms with Gasteiger partial charge in [0.1, 0.15) is 12.6 Å². The van der Waals surface area contributed by atoms with Crippen LogP contribution in [-0.2, 0) is 26.2 Å². The number of nitrogens with one attached hydrogen (secondary N) is 1. The van der Waals surface area contributed by atoms with Gasteiger partial charge in [0.2, 0.25) is 11.8 Å². The number of nitrogens with zero attached hydrogens (tertiary/aromatic N) is 2. The molecule has 12 heteroatoms. The van der Waals surface area contributed by atoms with E-state index in [1.54, 1.807) is 31.2 Å². The van der Waals surface area contributed by atoms with Gasteiger partial charge in [-0.1, -0.05) is 58.5 Å². The minimum Gasteiger partial charge on any atom is -0.350 e. The van der Waals surface area contributed by atoms with E-state index in [9.17, 15) is 18.0 Å². The van der Waals surface area contributed by atoms with Crippen LogP contribution in [0.5, 0.6) is 0 Å². The number of hydrogen-bond donors (Lipinski definition) is 1. The van der Waals surface area contributed by atoms with Crippen LogP contribution in [0.15, 0.2) is 71.6 Å². The molecule has 0 bridgehead atoms. The Morgan fingerprint density at radius 2 is 1.48 bits per heavy atom. The van der Waals surface area contributed by atoms with Gasteiger partial charge in [-0.25, -0.2) is 8.42 Å². The summed E-state index contributed by atoms with van der Waals surface area (Å²) in [5, 5.41) is 4.21. The molecule has 0 radical (unpaired) electrons. The van der Waals surface area contributed by atoms with Crippen molar-refractivity contribution in [3.8, 4) is 0 Å². The molecular formula is C28H29Cl4N3O4S. The highest BCUT2D eigenvalue weighted by Gasteiger charge is 2.33. The van der Waals surface area contributed by atoms with Crippen LogP contribution in [0.25, 0.3) is 0 Å². The Morgan fingerprint density at radius 3 is 2.05 bits per heavy atom. The van der Waals surface area contributed by atoms with Crippen LogP contribution in [0.4, 0.5) is 5.69 Å². The van der Waals surface area contributed by atoms with E-state index in [4.69, 9.17) is 46.4 Å². The Hall–Kier alpha value is -2.49. The number of benzene rings is 3. The Morgan fingerprint density at radius 1 is 0.875 bits per heavy atom. The van der Waals surface area contributed by atoms with Crippen molar-refractivity contribution < 1.29 is 18.0 Å². The molecule has 214 valence electrons. The fraction of sp³-hybridized carbons (Fsp3) is 0.286. The number of amides is 2. The average Bonchev–Trinajstić information content (AvgIpc) is 2.85. The Balaban J connectivity index is 2.06. The normalized spacial score (nSPS) is 12.5. The molecule has 0 aliphatic rings. The van der Waals surface area contributed by atoms with Crippen LogP contribution in [-0.4, -0.2) is 43.3 Å². The summed E-state index contributed by atoms with van der Waals surface area (Å²) in [5.41, 5.74) is 0.139. The maximum atomic E-state index is 14.0. The predicted octanol–water partition coefficient (Wildman–Crippen LogP) is 6.83. The molecule has 0 spiro atoms. The molecule has 1 unspecified atom stereocenters. The number of carbonyl (C=O) groups is 2. The first-order valence-electron chi connectivity index (χ1n) is 12.2. The summed E-state index contributed by atoms with van der Waals surface area (Å²) < 4.78 is 28.6. The fourth-order valence-corrected chi connectivity index (χ4v) is 5.97. The summed E-state index contributed by atoms with van der Waals surface area (Å²) in [4.78, 5) is 28.3.